The van der Waals surface area contributed by atoms with Gasteiger partial charge in [-0.2, -0.15) is 0 Å². The predicted octanol–water partition coefficient (Wildman–Crippen LogP) is 3.19. The second-order valence-corrected chi connectivity index (χ2v) is 5.18. The van der Waals surface area contributed by atoms with Crippen LogP contribution >= 0.6 is 23.2 Å². The monoisotopic (exact) mass is 274 g/mol. The van der Waals surface area contributed by atoms with Gasteiger partial charge in [0.25, 0.3) is 0 Å². The first kappa shape index (κ1) is 12.8. The normalized spacial score (nSPS) is 24.0. The van der Waals surface area contributed by atoms with Gasteiger partial charge in [0.1, 0.15) is 0 Å². The van der Waals surface area contributed by atoms with E-state index in [1.54, 1.807) is 6.07 Å². The number of hydrogen-bond acceptors (Lipinski definition) is 3. The molecule has 1 aromatic rings. The van der Waals surface area contributed by atoms with E-state index in [0.717, 1.165) is 18.7 Å². The minimum absolute atomic E-state index is 0.203. The van der Waals surface area contributed by atoms with Crippen LogP contribution in [0.15, 0.2) is 12.1 Å². The van der Waals surface area contributed by atoms with Gasteiger partial charge >= 0.3 is 0 Å². The molecule has 0 bridgehead atoms. The van der Waals surface area contributed by atoms with Crippen molar-refractivity contribution in [3.63, 3.8) is 0 Å². The third-order valence-electron chi connectivity index (χ3n) is 3.28. The number of halogens is 2. The van der Waals surface area contributed by atoms with Crippen molar-refractivity contribution in [1.29, 1.82) is 0 Å². The van der Waals surface area contributed by atoms with Gasteiger partial charge in [-0.25, -0.2) is 0 Å². The summed E-state index contributed by atoms with van der Waals surface area (Å²) in [6, 6.07) is 3.83. The highest BCUT2D eigenvalue weighted by Crippen LogP contribution is 2.35. The SMILES string of the molecule is CC1OCCC1N(C)c1cc(Cl)c(Cl)cc1N. The van der Waals surface area contributed by atoms with E-state index in [1.807, 2.05) is 13.1 Å². The van der Waals surface area contributed by atoms with Gasteiger partial charge in [0.2, 0.25) is 0 Å². The summed E-state index contributed by atoms with van der Waals surface area (Å²) in [4.78, 5) is 2.12. The quantitative estimate of drug-likeness (QED) is 0.842. The Labute approximate surface area is 111 Å². The van der Waals surface area contributed by atoms with Crippen LogP contribution in [0.2, 0.25) is 10.0 Å². The molecule has 17 heavy (non-hydrogen) atoms. The van der Waals surface area contributed by atoms with Gasteiger partial charge in [0, 0.05) is 13.7 Å². The molecule has 3 nitrogen and oxygen atoms in total. The first-order valence-electron chi connectivity index (χ1n) is 5.59. The maximum absolute atomic E-state index is 6.03. The third kappa shape index (κ3) is 2.46. The Morgan fingerprint density at radius 3 is 2.59 bits per heavy atom. The van der Waals surface area contributed by atoms with Crippen LogP contribution in [0.25, 0.3) is 0 Å². The molecular formula is C12H16Cl2N2O. The van der Waals surface area contributed by atoms with Crippen LogP contribution in [0, 0.1) is 0 Å². The number of hydrogen-bond donors (Lipinski definition) is 1. The van der Waals surface area contributed by atoms with E-state index in [9.17, 15) is 0 Å². The molecule has 1 saturated heterocycles. The Hall–Kier alpha value is -0.640. The fourth-order valence-electron chi connectivity index (χ4n) is 2.26. The molecule has 1 aliphatic rings. The lowest BCUT2D eigenvalue weighted by atomic mass is 10.1. The van der Waals surface area contributed by atoms with Crippen molar-refractivity contribution in [3.8, 4) is 0 Å². The largest absolute Gasteiger partial charge is 0.397 e. The second kappa shape index (κ2) is 4.92. The van der Waals surface area contributed by atoms with Crippen LogP contribution in [-0.4, -0.2) is 25.8 Å². The second-order valence-electron chi connectivity index (χ2n) is 4.37. The van der Waals surface area contributed by atoms with Gasteiger partial charge in [0.05, 0.1) is 33.6 Å². The first-order valence-corrected chi connectivity index (χ1v) is 6.35. The highest BCUT2D eigenvalue weighted by atomic mass is 35.5. The molecular weight excluding hydrogens is 259 g/mol. The molecule has 0 aromatic heterocycles. The molecule has 1 heterocycles. The van der Waals surface area contributed by atoms with E-state index >= 15 is 0 Å². The van der Waals surface area contributed by atoms with Gasteiger partial charge in [-0.15, -0.1) is 0 Å². The Bertz CT molecular complexity index is 425. The molecule has 0 spiro atoms. The zero-order valence-corrected chi connectivity index (χ0v) is 11.4. The average Bonchev–Trinajstić information content (AvgIpc) is 2.69. The summed E-state index contributed by atoms with van der Waals surface area (Å²) < 4.78 is 5.56. The van der Waals surface area contributed by atoms with Gasteiger partial charge < -0.3 is 15.4 Å². The van der Waals surface area contributed by atoms with Crippen LogP contribution in [0.3, 0.4) is 0 Å². The van der Waals surface area contributed by atoms with Crippen molar-refractivity contribution in [1.82, 2.24) is 0 Å². The number of ether oxygens (including phenoxy) is 1. The van der Waals surface area contributed by atoms with Crippen LogP contribution in [0.4, 0.5) is 11.4 Å². The number of nitrogen functional groups attached to an aromatic ring is 1. The minimum Gasteiger partial charge on any atom is -0.397 e. The van der Waals surface area contributed by atoms with Crippen LogP contribution in [0.5, 0.6) is 0 Å². The van der Waals surface area contributed by atoms with Gasteiger partial charge in [-0.05, 0) is 25.5 Å². The van der Waals surface area contributed by atoms with Crippen molar-refractivity contribution in [2.24, 2.45) is 0 Å². The molecule has 2 unspecified atom stereocenters. The lowest BCUT2D eigenvalue weighted by Gasteiger charge is -2.30. The summed E-state index contributed by atoms with van der Waals surface area (Å²) >= 11 is 12.0. The molecule has 94 valence electrons. The Morgan fingerprint density at radius 2 is 2.00 bits per heavy atom. The smallest absolute Gasteiger partial charge is 0.0750 e. The van der Waals surface area contributed by atoms with Crippen LogP contribution in [-0.2, 0) is 4.74 Å². The van der Waals surface area contributed by atoms with Crippen molar-refractivity contribution in [3.05, 3.63) is 22.2 Å². The Kier molecular flexibility index (Phi) is 3.71. The van der Waals surface area contributed by atoms with E-state index in [-0.39, 0.29) is 6.10 Å². The molecule has 2 rings (SSSR count). The molecule has 2 atom stereocenters. The summed E-state index contributed by atoms with van der Waals surface area (Å²) in [6.45, 7) is 2.86. The first-order chi connectivity index (χ1) is 8.00. The fourth-order valence-corrected chi connectivity index (χ4v) is 2.59. The lowest BCUT2D eigenvalue weighted by molar-refractivity contribution is 0.118. The summed E-state index contributed by atoms with van der Waals surface area (Å²) in [5.74, 6) is 0. The molecule has 5 heteroatoms. The van der Waals surface area contributed by atoms with E-state index in [0.29, 0.717) is 21.8 Å². The number of nitrogens with two attached hydrogens (primary N) is 1. The van der Waals surface area contributed by atoms with Crippen LogP contribution < -0.4 is 10.6 Å². The van der Waals surface area contributed by atoms with E-state index in [1.165, 1.54) is 0 Å². The molecule has 0 amide bonds. The van der Waals surface area contributed by atoms with Gasteiger partial charge in [-0.3, -0.25) is 0 Å². The maximum atomic E-state index is 6.03. The number of nitrogens with zero attached hydrogens (tertiary/aromatic N) is 1. The molecule has 0 saturated carbocycles. The molecule has 1 fully saturated rings. The summed E-state index contributed by atoms with van der Waals surface area (Å²) in [5, 5.41) is 1.01. The Balaban J connectivity index is 2.30. The zero-order chi connectivity index (χ0) is 12.6. The molecule has 0 aliphatic carbocycles. The predicted molar refractivity (Wildman–Crippen MR) is 73.1 cm³/mol. The molecule has 1 aliphatic heterocycles. The van der Waals surface area contributed by atoms with Crippen molar-refractivity contribution < 1.29 is 4.74 Å². The summed E-state index contributed by atoms with van der Waals surface area (Å²) in [7, 11) is 2.01. The van der Waals surface area contributed by atoms with Crippen molar-refractivity contribution in [2.75, 3.05) is 24.3 Å². The van der Waals surface area contributed by atoms with Gasteiger partial charge in [0.15, 0.2) is 0 Å². The lowest BCUT2D eigenvalue weighted by Crippen LogP contribution is -2.37. The number of rotatable bonds is 2. The zero-order valence-electron chi connectivity index (χ0n) is 9.91. The highest BCUT2D eigenvalue weighted by Gasteiger charge is 2.29. The standard InChI is InChI=1S/C12H16Cl2N2O/c1-7-11(3-4-17-7)16(2)12-6-9(14)8(13)5-10(12)15/h5-7,11H,3-4,15H2,1-2H3. The Morgan fingerprint density at radius 1 is 1.35 bits per heavy atom. The van der Waals surface area contributed by atoms with E-state index < -0.39 is 0 Å². The van der Waals surface area contributed by atoms with Crippen LogP contribution in [0.1, 0.15) is 13.3 Å². The van der Waals surface area contributed by atoms with Crippen molar-refractivity contribution >= 4 is 34.6 Å². The number of likely N-dealkylation sites (N-methyl/N-ethyl adjacent to an activating group) is 1. The topological polar surface area (TPSA) is 38.5 Å². The van der Waals surface area contributed by atoms with Crippen molar-refractivity contribution in [2.45, 2.75) is 25.5 Å². The molecule has 1 aromatic carbocycles. The highest BCUT2D eigenvalue weighted by molar-refractivity contribution is 6.42. The minimum atomic E-state index is 0.203. The fraction of sp³-hybridized carbons (Fsp3) is 0.500. The number of benzene rings is 1. The van der Waals surface area contributed by atoms with Gasteiger partial charge in [-0.1, -0.05) is 23.2 Å². The number of anilines is 2. The van der Waals surface area contributed by atoms with E-state index in [4.69, 9.17) is 33.7 Å². The maximum Gasteiger partial charge on any atom is 0.0750 e. The average molecular weight is 275 g/mol. The molecule has 2 N–H and O–H groups in total. The summed E-state index contributed by atoms with van der Waals surface area (Å²) in [6.07, 6.45) is 1.20. The van der Waals surface area contributed by atoms with E-state index in [2.05, 4.69) is 11.8 Å². The molecule has 0 radical (unpaired) electrons. The summed E-state index contributed by atoms with van der Waals surface area (Å²) in [5.41, 5.74) is 7.52. The third-order valence-corrected chi connectivity index (χ3v) is 4.01.